The molecule has 104 valence electrons. The number of aromatic amines is 1. The van der Waals surface area contributed by atoms with Gasteiger partial charge >= 0.3 is 0 Å². The first-order chi connectivity index (χ1) is 10.3. The lowest BCUT2D eigenvalue weighted by molar-refractivity contribution is 0.524. The summed E-state index contributed by atoms with van der Waals surface area (Å²) in [5.41, 5.74) is 4.34. The van der Waals surface area contributed by atoms with Crippen molar-refractivity contribution in [2.24, 2.45) is 4.99 Å². The summed E-state index contributed by atoms with van der Waals surface area (Å²) in [7, 11) is 0. The lowest BCUT2D eigenvalue weighted by Crippen LogP contribution is -2.49. The van der Waals surface area contributed by atoms with E-state index in [1.807, 2.05) is 24.5 Å². The molecule has 1 N–H and O–H groups in total. The van der Waals surface area contributed by atoms with E-state index in [4.69, 9.17) is 0 Å². The Hall–Kier alpha value is -2.69. The minimum Gasteiger partial charge on any atom is -0.366 e. The second-order valence-electron chi connectivity index (χ2n) is 5.27. The number of nitrogens with zero attached hydrogens (tertiary/aromatic N) is 4. The van der Waals surface area contributed by atoms with E-state index in [-0.39, 0.29) is 0 Å². The molecule has 0 aliphatic carbocycles. The maximum Gasteiger partial charge on any atom is 0.138 e. The summed E-state index contributed by atoms with van der Waals surface area (Å²) >= 11 is 0. The molecular weight excluding hydrogens is 262 g/mol. The van der Waals surface area contributed by atoms with E-state index >= 15 is 0 Å². The minimum absolute atomic E-state index is 0.353. The van der Waals surface area contributed by atoms with Crippen molar-refractivity contribution in [2.45, 2.75) is 6.04 Å². The van der Waals surface area contributed by atoms with Crippen LogP contribution in [-0.2, 0) is 0 Å². The quantitative estimate of drug-likeness (QED) is 0.748. The van der Waals surface area contributed by atoms with Crippen molar-refractivity contribution in [1.29, 1.82) is 0 Å². The SMILES string of the molecule is C=NC1CN(c2cnc3[nH]cc(-c4ccncc4)c3c2)C1. The predicted octanol–water partition coefficient (Wildman–Crippen LogP) is 2.51. The van der Waals surface area contributed by atoms with E-state index in [9.17, 15) is 0 Å². The highest BCUT2D eigenvalue weighted by molar-refractivity contribution is 5.95. The van der Waals surface area contributed by atoms with Crippen LogP contribution in [-0.4, -0.2) is 40.8 Å². The third kappa shape index (κ3) is 1.98. The van der Waals surface area contributed by atoms with Gasteiger partial charge in [0.05, 0.1) is 17.9 Å². The van der Waals surface area contributed by atoms with E-state index in [0.717, 1.165) is 40.9 Å². The number of nitrogens with one attached hydrogen (secondary N) is 1. The summed E-state index contributed by atoms with van der Waals surface area (Å²) in [4.78, 5) is 18.2. The van der Waals surface area contributed by atoms with Crippen LogP contribution in [0.4, 0.5) is 5.69 Å². The van der Waals surface area contributed by atoms with Gasteiger partial charge in [-0.05, 0) is 30.5 Å². The number of H-pyrrole nitrogens is 1. The molecule has 0 unspecified atom stereocenters. The first-order valence-corrected chi connectivity index (χ1v) is 6.93. The molecule has 3 aromatic rings. The highest BCUT2D eigenvalue weighted by Crippen LogP contribution is 2.31. The molecule has 0 radical (unpaired) electrons. The average molecular weight is 277 g/mol. The first kappa shape index (κ1) is 12.1. The van der Waals surface area contributed by atoms with Gasteiger partial charge < -0.3 is 9.88 Å². The Bertz CT molecular complexity index is 787. The Morgan fingerprint density at radius 1 is 1.29 bits per heavy atom. The summed E-state index contributed by atoms with van der Waals surface area (Å²) in [5.74, 6) is 0. The Balaban J connectivity index is 1.75. The number of hydrogen-bond acceptors (Lipinski definition) is 4. The van der Waals surface area contributed by atoms with Gasteiger partial charge in [0.2, 0.25) is 0 Å². The van der Waals surface area contributed by atoms with Crippen LogP contribution in [0.15, 0.2) is 48.0 Å². The summed E-state index contributed by atoms with van der Waals surface area (Å²) in [5, 5.41) is 1.13. The van der Waals surface area contributed by atoms with Crippen LogP contribution < -0.4 is 4.90 Å². The molecule has 1 fully saturated rings. The van der Waals surface area contributed by atoms with Gasteiger partial charge in [0, 0.05) is 42.6 Å². The van der Waals surface area contributed by atoms with E-state index in [1.165, 1.54) is 0 Å². The van der Waals surface area contributed by atoms with Crippen LogP contribution in [0.5, 0.6) is 0 Å². The topological polar surface area (TPSA) is 57.2 Å². The molecule has 1 saturated heterocycles. The maximum absolute atomic E-state index is 4.52. The van der Waals surface area contributed by atoms with Crippen molar-refractivity contribution in [2.75, 3.05) is 18.0 Å². The smallest absolute Gasteiger partial charge is 0.138 e. The van der Waals surface area contributed by atoms with Crippen LogP contribution in [0.3, 0.4) is 0 Å². The molecule has 1 aliphatic rings. The number of fused-ring (bicyclic) bond motifs is 1. The summed E-state index contributed by atoms with van der Waals surface area (Å²) in [6.07, 6.45) is 7.53. The van der Waals surface area contributed by atoms with Gasteiger partial charge in [0.25, 0.3) is 0 Å². The summed E-state index contributed by atoms with van der Waals surface area (Å²) in [6.45, 7) is 5.45. The van der Waals surface area contributed by atoms with Crippen molar-refractivity contribution in [3.63, 3.8) is 0 Å². The zero-order valence-corrected chi connectivity index (χ0v) is 11.5. The molecule has 4 heterocycles. The third-order valence-electron chi connectivity index (χ3n) is 3.99. The van der Waals surface area contributed by atoms with Crippen LogP contribution >= 0.6 is 0 Å². The molecule has 0 amide bonds. The standard InChI is InChI=1S/C16H15N5/c1-17-12-9-21(10-12)13-6-14-15(8-20-16(14)19-7-13)11-2-4-18-5-3-11/h2-8,12H,1,9-10H2,(H,19,20). The van der Waals surface area contributed by atoms with Gasteiger partial charge in [-0.3, -0.25) is 9.98 Å². The highest BCUT2D eigenvalue weighted by Gasteiger charge is 2.26. The number of hydrogen-bond donors (Lipinski definition) is 1. The molecule has 5 heteroatoms. The van der Waals surface area contributed by atoms with Gasteiger partial charge in [-0.15, -0.1) is 0 Å². The van der Waals surface area contributed by atoms with Crippen LogP contribution in [0, 0.1) is 0 Å². The number of aromatic nitrogens is 3. The second kappa shape index (κ2) is 4.70. The fourth-order valence-corrected chi connectivity index (χ4v) is 2.72. The molecule has 5 nitrogen and oxygen atoms in total. The number of rotatable bonds is 3. The largest absolute Gasteiger partial charge is 0.366 e. The average Bonchev–Trinajstić information content (AvgIpc) is 2.90. The Labute approximate surface area is 122 Å². The van der Waals surface area contributed by atoms with Crippen molar-refractivity contribution >= 4 is 23.4 Å². The van der Waals surface area contributed by atoms with E-state index in [0.29, 0.717) is 6.04 Å². The predicted molar refractivity (Wildman–Crippen MR) is 84.9 cm³/mol. The van der Waals surface area contributed by atoms with Crippen molar-refractivity contribution in [3.05, 3.63) is 43.0 Å². The molecule has 4 rings (SSSR count). The molecule has 3 aromatic heterocycles. The molecule has 0 saturated carbocycles. The molecule has 0 bridgehead atoms. The Morgan fingerprint density at radius 3 is 2.86 bits per heavy atom. The van der Waals surface area contributed by atoms with Crippen LogP contribution in [0.25, 0.3) is 22.2 Å². The fraction of sp³-hybridized carbons (Fsp3) is 0.188. The molecule has 0 atom stereocenters. The highest BCUT2D eigenvalue weighted by atomic mass is 15.2. The Kier molecular flexibility index (Phi) is 2.70. The van der Waals surface area contributed by atoms with Gasteiger partial charge in [-0.2, -0.15) is 0 Å². The van der Waals surface area contributed by atoms with Gasteiger partial charge in [0.1, 0.15) is 5.65 Å². The number of anilines is 1. The normalized spacial score (nSPS) is 15.1. The molecule has 1 aliphatic heterocycles. The summed E-state index contributed by atoms with van der Waals surface area (Å²) < 4.78 is 0. The van der Waals surface area contributed by atoms with Gasteiger partial charge in [0.15, 0.2) is 0 Å². The monoisotopic (exact) mass is 277 g/mol. The molecule has 0 aromatic carbocycles. The van der Waals surface area contributed by atoms with Gasteiger partial charge in [-0.25, -0.2) is 4.98 Å². The second-order valence-corrected chi connectivity index (χ2v) is 5.27. The number of pyridine rings is 2. The van der Waals surface area contributed by atoms with E-state index < -0.39 is 0 Å². The molecule has 21 heavy (non-hydrogen) atoms. The molecular formula is C16H15N5. The fourth-order valence-electron chi connectivity index (χ4n) is 2.72. The summed E-state index contributed by atoms with van der Waals surface area (Å²) in [6, 6.07) is 6.56. The maximum atomic E-state index is 4.52. The van der Waals surface area contributed by atoms with E-state index in [1.54, 1.807) is 12.4 Å². The lowest BCUT2D eigenvalue weighted by atomic mass is 10.1. The van der Waals surface area contributed by atoms with Crippen LogP contribution in [0.2, 0.25) is 0 Å². The zero-order valence-electron chi connectivity index (χ0n) is 11.5. The molecule has 0 spiro atoms. The minimum atomic E-state index is 0.353. The van der Waals surface area contributed by atoms with Gasteiger partial charge in [-0.1, -0.05) is 0 Å². The van der Waals surface area contributed by atoms with Crippen LogP contribution in [0.1, 0.15) is 0 Å². The Morgan fingerprint density at radius 2 is 2.10 bits per heavy atom. The third-order valence-corrected chi connectivity index (χ3v) is 3.99. The zero-order chi connectivity index (χ0) is 14.2. The first-order valence-electron chi connectivity index (χ1n) is 6.93. The van der Waals surface area contributed by atoms with Crippen molar-refractivity contribution in [3.8, 4) is 11.1 Å². The van der Waals surface area contributed by atoms with Crippen molar-refractivity contribution in [1.82, 2.24) is 15.0 Å². The van der Waals surface area contributed by atoms with E-state index in [2.05, 4.69) is 37.6 Å². The number of aliphatic imine (C=N–C) groups is 1. The van der Waals surface area contributed by atoms with Crippen molar-refractivity contribution < 1.29 is 0 Å². The lowest BCUT2D eigenvalue weighted by Gasteiger charge is -2.38.